The Morgan fingerprint density at radius 3 is 2.52 bits per heavy atom. The molecule has 1 amide bonds. The first-order valence-electron chi connectivity index (χ1n) is 8.95. The van der Waals surface area contributed by atoms with E-state index in [1.54, 1.807) is 0 Å². The minimum absolute atomic E-state index is 0.0402. The Bertz CT molecular complexity index is 712. The Hall–Kier alpha value is -2.05. The number of hydrogen-bond acceptors (Lipinski definition) is 2. The number of amides is 1. The van der Waals surface area contributed by atoms with Crippen LogP contribution in [-0.2, 0) is 4.79 Å². The summed E-state index contributed by atoms with van der Waals surface area (Å²) in [6.07, 6.45) is 2.51. The van der Waals surface area contributed by atoms with Gasteiger partial charge in [0, 0.05) is 16.9 Å². The highest BCUT2D eigenvalue weighted by atomic mass is 16.3. The van der Waals surface area contributed by atoms with Crippen LogP contribution >= 0.6 is 0 Å². The van der Waals surface area contributed by atoms with Gasteiger partial charge in [0.25, 0.3) is 0 Å². The van der Waals surface area contributed by atoms with E-state index in [-0.39, 0.29) is 11.8 Å². The lowest BCUT2D eigenvalue weighted by molar-refractivity contribution is -0.127. The zero-order valence-electron chi connectivity index (χ0n) is 15.9. The third-order valence-electron chi connectivity index (χ3n) is 4.93. The summed E-state index contributed by atoms with van der Waals surface area (Å²) in [5, 5.41) is 13.7. The minimum atomic E-state index is -0.764. The highest BCUT2D eigenvalue weighted by molar-refractivity contribution is 5.84. The van der Waals surface area contributed by atoms with Crippen LogP contribution in [0.3, 0.4) is 0 Å². The van der Waals surface area contributed by atoms with Crippen LogP contribution in [0.4, 0.5) is 0 Å². The van der Waals surface area contributed by atoms with Crippen LogP contribution in [-0.4, -0.2) is 16.6 Å². The van der Waals surface area contributed by atoms with Gasteiger partial charge in [-0.05, 0) is 49.8 Å². The molecule has 1 saturated carbocycles. The molecule has 2 rings (SSSR count). The van der Waals surface area contributed by atoms with E-state index in [9.17, 15) is 9.90 Å². The second-order valence-corrected chi connectivity index (χ2v) is 8.15. The first-order valence-corrected chi connectivity index (χ1v) is 8.95. The summed E-state index contributed by atoms with van der Waals surface area (Å²) in [6.45, 7) is 9.54. The van der Waals surface area contributed by atoms with Gasteiger partial charge in [-0.3, -0.25) is 4.79 Å². The summed E-state index contributed by atoms with van der Waals surface area (Å²) in [5.41, 5.74) is 1.33. The van der Waals surface area contributed by atoms with Crippen LogP contribution in [0.25, 0.3) is 0 Å². The molecule has 0 saturated heterocycles. The first-order chi connectivity index (χ1) is 11.6. The van der Waals surface area contributed by atoms with Gasteiger partial charge in [0.15, 0.2) is 0 Å². The molecular formula is C22H29NO2. The Labute approximate surface area is 151 Å². The van der Waals surface area contributed by atoms with Crippen molar-refractivity contribution in [2.24, 2.45) is 11.3 Å². The molecule has 0 unspecified atom stereocenters. The molecule has 0 aliphatic heterocycles. The summed E-state index contributed by atoms with van der Waals surface area (Å²) in [4.78, 5) is 12.5. The number of aliphatic hydroxyl groups is 1. The van der Waals surface area contributed by atoms with Crippen molar-refractivity contribution in [2.45, 2.75) is 59.5 Å². The van der Waals surface area contributed by atoms with Gasteiger partial charge < -0.3 is 10.4 Å². The van der Waals surface area contributed by atoms with Crippen molar-refractivity contribution in [3.8, 4) is 11.8 Å². The highest BCUT2D eigenvalue weighted by Crippen LogP contribution is 2.38. The van der Waals surface area contributed by atoms with Crippen molar-refractivity contribution in [2.75, 3.05) is 0 Å². The molecule has 1 fully saturated rings. The molecule has 25 heavy (non-hydrogen) atoms. The predicted octanol–water partition coefficient (Wildman–Crippen LogP) is 4.03. The maximum atomic E-state index is 12.5. The van der Waals surface area contributed by atoms with Gasteiger partial charge in [0.2, 0.25) is 5.91 Å². The van der Waals surface area contributed by atoms with Gasteiger partial charge in [-0.15, -0.1) is 0 Å². The zero-order valence-corrected chi connectivity index (χ0v) is 15.9. The topological polar surface area (TPSA) is 49.3 Å². The van der Waals surface area contributed by atoms with Gasteiger partial charge in [0.1, 0.15) is 0 Å². The number of benzene rings is 1. The maximum absolute atomic E-state index is 12.5. The van der Waals surface area contributed by atoms with E-state index in [0.717, 1.165) is 30.4 Å². The number of hydrogen-bond donors (Lipinski definition) is 2. The molecule has 2 N–H and O–H groups in total. The number of carbonyl (C=O) groups excluding carboxylic acids is 1. The molecule has 134 valence electrons. The molecule has 2 atom stereocenters. The molecule has 1 aliphatic rings. The largest absolute Gasteiger partial charge is 0.390 e. The molecule has 1 aliphatic carbocycles. The fourth-order valence-electron chi connectivity index (χ4n) is 2.94. The van der Waals surface area contributed by atoms with E-state index in [2.05, 4.69) is 17.2 Å². The molecule has 0 aromatic heterocycles. The molecule has 0 radical (unpaired) electrons. The fourth-order valence-corrected chi connectivity index (χ4v) is 2.94. The summed E-state index contributed by atoms with van der Waals surface area (Å²) in [7, 11) is 0. The molecule has 0 bridgehead atoms. The van der Waals surface area contributed by atoms with E-state index in [1.807, 2.05) is 65.0 Å². The van der Waals surface area contributed by atoms with Gasteiger partial charge in [-0.25, -0.2) is 0 Å². The monoisotopic (exact) mass is 339 g/mol. The third kappa shape index (κ3) is 4.96. The van der Waals surface area contributed by atoms with E-state index >= 15 is 0 Å². The van der Waals surface area contributed by atoms with Crippen LogP contribution < -0.4 is 5.32 Å². The molecule has 3 heteroatoms. The van der Waals surface area contributed by atoms with Crippen LogP contribution in [0.5, 0.6) is 0 Å². The Morgan fingerprint density at radius 2 is 1.92 bits per heavy atom. The second kappa shape index (κ2) is 7.45. The number of allylic oxidation sites excluding steroid dienone is 1. The number of nitrogens with one attached hydrogen (secondary N) is 1. The predicted molar refractivity (Wildman–Crippen MR) is 102 cm³/mol. The van der Waals surface area contributed by atoms with Gasteiger partial charge >= 0.3 is 0 Å². The van der Waals surface area contributed by atoms with Crippen molar-refractivity contribution in [3.05, 3.63) is 47.2 Å². The van der Waals surface area contributed by atoms with Crippen LogP contribution in [0.15, 0.2) is 41.6 Å². The average Bonchev–Trinajstić information content (AvgIpc) is 2.54. The Morgan fingerprint density at radius 1 is 1.28 bits per heavy atom. The van der Waals surface area contributed by atoms with E-state index in [4.69, 9.17) is 0 Å². The minimum Gasteiger partial charge on any atom is -0.390 e. The van der Waals surface area contributed by atoms with Crippen molar-refractivity contribution < 1.29 is 9.90 Å². The molecule has 0 heterocycles. The Balaban J connectivity index is 2.44. The van der Waals surface area contributed by atoms with Crippen molar-refractivity contribution in [1.29, 1.82) is 0 Å². The molecule has 3 nitrogen and oxygen atoms in total. The smallest absolute Gasteiger partial charge is 0.230 e. The van der Waals surface area contributed by atoms with Crippen LogP contribution in [0.2, 0.25) is 0 Å². The van der Waals surface area contributed by atoms with Gasteiger partial charge in [-0.2, -0.15) is 0 Å². The zero-order chi connectivity index (χ0) is 18.7. The van der Waals surface area contributed by atoms with Gasteiger partial charge in [-0.1, -0.05) is 51.8 Å². The normalized spacial score (nSPS) is 25.6. The van der Waals surface area contributed by atoms with Crippen molar-refractivity contribution in [3.63, 3.8) is 0 Å². The summed E-state index contributed by atoms with van der Waals surface area (Å²) >= 11 is 0. The van der Waals surface area contributed by atoms with Gasteiger partial charge in [0.05, 0.1) is 11.3 Å². The van der Waals surface area contributed by atoms with Crippen molar-refractivity contribution in [1.82, 2.24) is 5.32 Å². The first kappa shape index (κ1) is 19.3. The molecule has 0 spiro atoms. The second-order valence-electron chi connectivity index (χ2n) is 8.15. The van der Waals surface area contributed by atoms with E-state index < -0.39 is 11.0 Å². The number of carbonyl (C=O) groups is 1. The lowest BCUT2D eigenvalue weighted by Crippen LogP contribution is -2.40. The summed E-state index contributed by atoms with van der Waals surface area (Å²) < 4.78 is 0. The molecule has 1 aromatic carbocycles. The SMILES string of the molecule is C[C@@H]1/C(=C(/C#Cc2ccccc2)NC(=O)C(C)(C)C)CCC[C@]1(C)O. The fraction of sp³-hybridized carbons (Fsp3) is 0.500. The van der Waals surface area contributed by atoms with Crippen molar-refractivity contribution >= 4 is 5.91 Å². The molecular weight excluding hydrogens is 310 g/mol. The molecule has 1 aromatic rings. The Kier molecular flexibility index (Phi) is 5.75. The van der Waals surface area contributed by atoms with Crippen LogP contribution in [0.1, 0.15) is 59.4 Å². The lowest BCUT2D eigenvalue weighted by Gasteiger charge is -2.37. The standard InChI is InChI=1S/C22H29NO2/c1-16-18(12-9-15-22(16,5)25)19(23-20(24)21(2,3)4)14-13-17-10-7-6-8-11-17/h6-8,10-11,16,25H,9,12,15H2,1-5H3,(H,23,24)/b19-18-/t16-,22+/m1/s1. The lowest BCUT2D eigenvalue weighted by atomic mass is 9.73. The van der Waals surface area contributed by atoms with E-state index in [1.165, 1.54) is 0 Å². The average molecular weight is 339 g/mol. The third-order valence-corrected chi connectivity index (χ3v) is 4.93. The van der Waals surface area contributed by atoms with Crippen LogP contribution in [0, 0.1) is 23.2 Å². The summed E-state index contributed by atoms with van der Waals surface area (Å²) in [6, 6.07) is 9.73. The quantitative estimate of drug-likeness (QED) is 0.759. The number of rotatable bonds is 1. The van der Waals surface area contributed by atoms with E-state index in [0.29, 0.717) is 5.70 Å². The summed E-state index contributed by atoms with van der Waals surface area (Å²) in [5.74, 6) is 6.21. The highest BCUT2D eigenvalue weighted by Gasteiger charge is 2.36. The maximum Gasteiger partial charge on any atom is 0.230 e.